The molecule has 1 aromatic carbocycles. The van der Waals surface area contributed by atoms with Gasteiger partial charge in [-0.05, 0) is 44.0 Å². The van der Waals surface area contributed by atoms with Gasteiger partial charge in [-0.3, -0.25) is 9.69 Å². The minimum absolute atomic E-state index is 0.299. The van der Waals surface area contributed by atoms with Crippen LogP contribution in [0.5, 0.6) is 0 Å². The Morgan fingerprint density at radius 2 is 2.16 bits per heavy atom. The molecule has 1 aliphatic rings. The molecule has 0 unspecified atom stereocenters. The number of rotatable bonds is 3. The summed E-state index contributed by atoms with van der Waals surface area (Å²) in [5.74, 6) is -0.358. The maximum Gasteiger partial charge on any atom is 0.257 e. The lowest BCUT2D eigenvalue weighted by molar-refractivity contribution is 0.102. The monoisotopic (exact) mass is 393 g/mol. The third-order valence-electron chi connectivity index (χ3n) is 4.33. The SMILES string of the molecule is CC(C)N1CCc2c(sc(NC(=O)c3cc(Cl)ccc3Cl)c2C#N)C1. The molecule has 3 rings (SSSR count). The third-order valence-corrected chi connectivity index (χ3v) is 6.03. The molecule has 0 bridgehead atoms. The molecule has 1 N–H and O–H groups in total. The van der Waals surface area contributed by atoms with Crippen molar-refractivity contribution in [3.05, 3.63) is 49.8 Å². The summed E-state index contributed by atoms with van der Waals surface area (Å²) in [6.07, 6.45) is 0.820. The number of nitrogens with zero attached hydrogens (tertiary/aromatic N) is 2. The van der Waals surface area contributed by atoms with E-state index in [-0.39, 0.29) is 5.91 Å². The predicted octanol–water partition coefficient (Wildman–Crippen LogP) is 4.95. The second-order valence-corrected chi connectivity index (χ2v) is 8.16. The van der Waals surface area contributed by atoms with Crippen molar-refractivity contribution in [1.82, 2.24) is 4.90 Å². The number of fused-ring (bicyclic) bond motifs is 1. The van der Waals surface area contributed by atoms with Crippen molar-refractivity contribution in [2.24, 2.45) is 0 Å². The molecule has 1 aliphatic heterocycles. The van der Waals surface area contributed by atoms with E-state index in [4.69, 9.17) is 23.2 Å². The van der Waals surface area contributed by atoms with E-state index < -0.39 is 0 Å². The second kappa shape index (κ2) is 7.35. The van der Waals surface area contributed by atoms with Gasteiger partial charge >= 0.3 is 0 Å². The van der Waals surface area contributed by atoms with Crippen LogP contribution in [0.15, 0.2) is 18.2 Å². The smallest absolute Gasteiger partial charge is 0.257 e. The molecule has 130 valence electrons. The Balaban J connectivity index is 1.90. The maximum absolute atomic E-state index is 12.6. The van der Waals surface area contributed by atoms with Crippen LogP contribution in [0.25, 0.3) is 0 Å². The fourth-order valence-corrected chi connectivity index (χ4v) is 4.51. The fourth-order valence-electron chi connectivity index (χ4n) is 2.91. The van der Waals surface area contributed by atoms with Gasteiger partial charge in [0.15, 0.2) is 0 Å². The third kappa shape index (κ3) is 3.68. The number of hydrogen-bond acceptors (Lipinski definition) is 4. The molecule has 25 heavy (non-hydrogen) atoms. The van der Waals surface area contributed by atoms with Crippen LogP contribution in [-0.4, -0.2) is 23.4 Å². The molecule has 1 aromatic heterocycles. The average molecular weight is 394 g/mol. The first-order valence-electron chi connectivity index (χ1n) is 7.95. The van der Waals surface area contributed by atoms with Gasteiger partial charge in [-0.1, -0.05) is 23.2 Å². The second-order valence-electron chi connectivity index (χ2n) is 6.21. The van der Waals surface area contributed by atoms with Gasteiger partial charge in [-0.15, -0.1) is 11.3 Å². The number of benzene rings is 1. The van der Waals surface area contributed by atoms with Gasteiger partial charge in [0.1, 0.15) is 11.1 Å². The van der Waals surface area contributed by atoms with Crippen molar-refractivity contribution in [3.8, 4) is 6.07 Å². The Hall–Kier alpha value is -1.58. The van der Waals surface area contributed by atoms with Crippen LogP contribution in [0.3, 0.4) is 0 Å². The van der Waals surface area contributed by atoms with Crippen molar-refractivity contribution in [1.29, 1.82) is 5.26 Å². The summed E-state index contributed by atoms with van der Waals surface area (Å²) in [4.78, 5) is 16.1. The van der Waals surface area contributed by atoms with Crippen molar-refractivity contribution >= 4 is 45.4 Å². The summed E-state index contributed by atoms with van der Waals surface area (Å²) in [6.45, 7) is 6.05. The largest absolute Gasteiger partial charge is 0.312 e. The van der Waals surface area contributed by atoms with Gasteiger partial charge in [-0.25, -0.2) is 0 Å². The van der Waals surface area contributed by atoms with E-state index in [1.54, 1.807) is 12.1 Å². The average Bonchev–Trinajstić information content (AvgIpc) is 2.92. The lowest BCUT2D eigenvalue weighted by Gasteiger charge is -2.30. The molecule has 2 aromatic rings. The summed E-state index contributed by atoms with van der Waals surface area (Å²) in [5.41, 5.74) is 1.92. The molecule has 7 heteroatoms. The minimum atomic E-state index is -0.358. The van der Waals surface area contributed by atoms with Crippen LogP contribution in [0.1, 0.15) is 40.2 Å². The van der Waals surface area contributed by atoms with E-state index >= 15 is 0 Å². The Bertz CT molecular complexity index is 870. The number of nitrogens with one attached hydrogen (secondary N) is 1. The molecule has 0 spiro atoms. The minimum Gasteiger partial charge on any atom is -0.312 e. The number of amides is 1. The van der Waals surface area contributed by atoms with E-state index in [2.05, 4.69) is 30.1 Å². The fraction of sp³-hybridized carbons (Fsp3) is 0.333. The van der Waals surface area contributed by atoms with Crippen LogP contribution in [-0.2, 0) is 13.0 Å². The molecule has 0 saturated carbocycles. The van der Waals surface area contributed by atoms with E-state index in [1.807, 2.05) is 0 Å². The first kappa shape index (κ1) is 18.2. The molecular formula is C18H17Cl2N3OS. The van der Waals surface area contributed by atoms with Crippen LogP contribution >= 0.6 is 34.5 Å². The molecule has 0 radical (unpaired) electrons. The summed E-state index contributed by atoms with van der Waals surface area (Å²) < 4.78 is 0. The molecule has 4 nitrogen and oxygen atoms in total. The normalized spacial score (nSPS) is 14.2. The summed E-state index contributed by atoms with van der Waals surface area (Å²) in [6, 6.07) is 7.44. The lowest BCUT2D eigenvalue weighted by atomic mass is 10.0. The highest BCUT2D eigenvalue weighted by molar-refractivity contribution is 7.16. The number of anilines is 1. The Morgan fingerprint density at radius 1 is 1.40 bits per heavy atom. The molecule has 0 aliphatic carbocycles. The maximum atomic E-state index is 12.6. The first-order chi connectivity index (χ1) is 11.9. The molecule has 0 saturated heterocycles. The standard InChI is InChI=1S/C18H17Cl2N3OS/c1-10(2)23-6-5-12-14(8-21)18(25-16(12)9-23)22-17(24)13-7-11(19)3-4-15(13)20/h3-4,7,10H,5-6,9H2,1-2H3,(H,22,24). The Morgan fingerprint density at radius 3 is 2.84 bits per heavy atom. The van der Waals surface area contributed by atoms with Crippen molar-refractivity contribution in [2.75, 3.05) is 11.9 Å². The topological polar surface area (TPSA) is 56.1 Å². The first-order valence-corrected chi connectivity index (χ1v) is 9.53. The predicted molar refractivity (Wildman–Crippen MR) is 103 cm³/mol. The highest BCUT2D eigenvalue weighted by atomic mass is 35.5. The molecular weight excluding hydrogens is 377 g/mol. The van der Waals surface area contributed by atoms with Crippen LogP contribution < -0.4 is 5.32 Å². The van der Waals surface area contributed by atoms with Gasteiger partial charge in [0, 0.05) is 29.0 Å². The number of thiophene rings is 1. The summed E-state index contributed by atoms with van der Waals surface area (Å²) in [7, 11) is 0. The van der Waals surface area contributed by atoms with E-state index in [9.17, 15) is 10.1 Å². The van der Waals surface area contributed by atoms with Crippen LogP contribution in [0, 0.1) is 11.3 Å². The molecule has 0 fully saturated rings. The van der Waals surface area contributed by atoms with Gasteiger partial charge in [-0.2, -0.15) is 5.26 Å². The van der Waals surface area contributed by atoms with E-state index in [0.29, 0.717) is 32.2 Å². The van der Waals surface area contributed by atoms with E-state index in [0.717, 1.165) is 30.0 Å². The Labute approximate surface area is 161 Å². The Kier molecular flexibility index (Phi) is 5.35. The van der Waals surface area contributed by atoms with E-state index in [1.165, 1.54) is 17.4 Å². The van der Waals surface area contributed by atoms with Crippen molar-refractivity contribution in [2.45, 2.75) is 32.9 Å². The zero-order valence-corrected chi connectivity index (χ0v) is 16.2. The van der Waals surface area contributed by atoms with Crippen LogP contribution in [0.2, 0.25) is 10.0 Å². The highest BCUT2D eigenvalue weighted by Crippen LogP contribution is 2.37. The highest BCUT2D eigenvalue weighted by Gasteiger charge is 2.26. The molecule has 1 amide bonds. The number of halogens is 2. The van der Waals surface area contributed by atoms with Gasteiger partial charge in [0.25, 0.3) is 5.91 Å². The lowest BCUT2D eigenvalue weighted by Crippen LogP contribution is -2.35. The van der Waals surface area contributed by atoms with Crippen molar-refractivity contribution < 1.29 is 4.79 Å². The summed E-state index contributed by atoms with van der Waals surface area (Å²) >= 11 is 13.5. The number of carbonyl (C=O) groups is 1. The zero-order chi connectivity index (χ0) is 18.1. The zero-order valence-electron chi connectivity index (χ0n) is 13.9. The number of carbonyl (C=O) groups excluding carboxylic acids is 1. The number of nitriles is 1. The quantitative estimate of drug-likeness (QED) is 0.802. The number of hydrogen-bond donors (Lipinski definition) is 1. The van der Waals surface area contributed by atoms with Gasteiger partial charge < -0.3 is 5.32 Å². The molecule has 0 atom stereocenters. The van der Waals surface area contributed by atoms with Gasteiger partial charge in [0.2, 0.25) is 0 Å². The van der Waals surface area contributed by atoms with Gasteiger partial charge in [0.05, 0.1) is 16.1 Å². The van der Waals surface area contributed by atoms with Crippen molar-refractivity contribution in [3.63, 3.8) is 0 Å². The molecule has 2 heterocycles. The van der Waals surface area contributed by atoms with Crippen LogP contribution in [0.4, 0.5) is 5.00 Å². The summed E-state index contributed by atoms with van der Waals surface area (Å²) in [5, 5.41) is 13.8.